The lowest BCUT2D eigenvalue weighted by molar-refractivity contribution is 0.231. The lowest BCUT2D eigenvalue weighted by atomic mass is 10.1. The van der Waals surface area contributed by atoms with Crippen molar-refractivity contribution in [3.8, 4) is 0 Å². The molecule has 0 saturated carbocycles. The van der Waals surface area contributed by atoms with Crippen molar-refractivity contribution in [3.63, 3.8) is 0 Å². The topological polar surface area (TPSA) is 6.48 Å². The van der Waals surface area contributed by atoms with Crippen molar-refractivity contribution in [2.24, 2.45) is 0 Å². The normalized spacial score (nSPS) is 12.3. The van der Waals surface area contributed by atoms with E-state index in [1.165, 1.54) is 142 Å². The Morgan fingerprint density at radius 3 is 1.36 bits per heavy atom. The first-order valence-electron chi connectivity index (χ1n) is 14.9. The second-order valence-corrected chi connectivity index (χ2v) is 10.4. The first-order chi connectivity index (χ1) is 16.2. The van der Waals surface area contributed by atoms with Crippen LogP contribution in [0.4, 0.5) is 0 Å². The molecule has 0 aliphatic carbocycles. The van der Waals surface area contributed by atoms with E-state index in [9.17, 15) is 0 Å². The van der Waals surface area contributed by atoms with Gasteiger partial charge in [0.1, 0.15) is 0 Å². The third-order valence-corrected chi connectivity index (χ3v) is 6.62. The molecule has 196 valence electrons. The van der Waals surface area contributed by atoms with Crippen molar-refractivity contribution >= 4 is 0 Å². The van der Waals surface area contributed by atoms with E-state index >= 15 is 0 Å². The number of allylic oxidation sites excluding steroid dienone is 4. The smallest absolute Gasteiger partial charge is 0.0109 e. The van der Waals surface area contributed by atoms with Gasteiger partial charge in [-0.05, 0) is 72.1 Å². The highest BCUT2D eigenvalue weighted by molar-refractivity contribution is 4.92. The van der Waals surface area contributed by atoms with E-state index in [1.807, 2.05) is 0 Å². The zero-order chi connectivity index (χ0) is 24.2. The maximum Gasteiger partial charge on any atom is 0.0109 e. The van der Waals surface area contributed by atoms with Crippen molar-refractivity contribution in [3.05, 3.63) is 24.3 Å². The van der Waals surface area contributed by atoms with Gasteiger partial charge in [-0.15, -0.1) is 0 Å². The van der Waals surface area contributed by atoms with Gasteiger partial charge in [-0.25, -0.2) is 0 Å². The van der Waals surface area contributed by atoms with Gasteiger partial charge in [-0.1, -0.05) is 115 Å². The maximum atomic E-state index is 2.73. The highest BCUT2D eigenvalue weighted by Crippen LogP contribution is 2.11. The van der Waals surface area contributed by atoms with Crippen molar-refractivity contribution in [1.29, 1.82) is 0 Å². The van der Waals surface area contributed by atoms with Crippen LogP contribution in [0, 0.1) is 0 Å². The summed E-state index contributed by atoms with van der Waals surface area (Å²) in [6.07, 6.45) is 35.4. The van der Waals surface area contributed by atoms with Crippen LogP contribution in [0.2, 0.25) is 0 Å². The summed E-state index contributed by atoms with van der Waals surface area (Å²) in [7, 11) is 4.40. The van der Waals surface area contributed by atoms with Crippen molar-refractivity contribution in [2.75, 3.05) is 40.3 Å². The van der Waals surface area contributed by atoms with Crippen molar-refractivity contribution < 1.29 is 0 Å². The van der Waals surface area contributed by atoms with Gasteiger partial charge in [-0.3, -0.25) is 0 Å². The summed E-state index contributed by atoms with van der Waals surface area (Å²) in [5, 5.41) is 0. The molecular weight excluding hydrogens is 400 g/mol. The van der Waals surface area contributed by atoms with Crippen LogP contribution in [0.15, 0.2) is 24.3 Å². The third kappa shape index (κ3) is 27.5. The molecule has 0 unspecified atom stereocenters. The average Bonchev–Trinajstić information content (AvgIpc) is 2.81. The Kier molecular flexibility index (Phi) is 27.1. The van der Waals surface area contributed by atoms with Gasteiger partial charge in [0.25, 0.3) is 0 Å². The molecule has 0 amide bonds. The number of nitrogens with zero attached hydrogens (tertiary/aromatic N) is 2. The summed E-state index contributed by atoms with van der Waals surface area (Å²) in [6.45, 7) is 9.62. The Morgan fingerprint density at radius 2 is 0.848 bits per heavy atom. The molecule has 0 aliphatic heterocycles. The lowest BCUT2D eigenvalue weighted by Crippen LogP contribution is -2.33. The number of rotatable bonds is 26. The largest absolute Gasteiger partial charge is 0.308 e. The van der Waals surface area contributed by atoms with Crippen molar-refractivity contribution in [2.45, 2.75) is 136 Å². The fraction of sp³-hybridized carbons (Fsp3) is 0.871. The predicted octanol–water partition coefficient (Wildman–Crippen LogP) is 9.41. The van der Waals surface area contributed by atoms with Gasteiger partial charge in [0, 0.05) is 13.1 Å². The third-order valence-electron chi connectivity index (χ3n) is 6.62. The van der Waals surface area contributed by atoms with Crippen LogP contribution in [-0.4, -0.2) is 50.1 Å². The number of hydrogen-bond donors (Lipinski definition) is 0. The summed E-state index contributed by atoms with van der Waals surface area (Å²) in [4.78, 5) is 5.06. The van der Waals surface area contributed by atoms with E-state index < -0.39 is 0 Å². The molecule has 0 heterocycles. The van der Waals surface area contributed by atoms with Crippen LogP contribution in [-0.2, 0) is 0 Å². The van der Waals surface area contributed by atoms with Gasteiger partial charge in [0.05, 0.1) is 0 Å². The van der Waals surface area contributed by atoms with E-state index in [0.717, 1.165) is 6.42 Å². The highest BCUT2D eigenvalue weighted by Gasteiger charge is 2.05. The molecule has 0 atom stereocenters. The zero-order valence-electron chi connectivity index (χ0n) is 23.5. The second kappa shape index (κ2) is 27.6. The number of unbranched alkanes of at least 4 members (excludes halogenated alkanes) is 15. The van der Waals surface area contributed by atoms with Crippen LogP contribution in [0.25, 0.3) is 0 Å². The fourth-order valence-corrected chi connectivity index (χ4v) is 4.29. The van der Waals surface area contributed by atoms with Crippen LogP contribution in [0.1, 0.15) is 136 Å². The van der Waals surface area contributed by atoms with Crippen LogP contribution in [0.3, 0.4) is 0 Å². The Morgan fingerprint density at radius 1 is 0.424 bits per heavy atom. The molecule has 0 saturated heterocycles. The Labute approximate surface area is 210 Å². The van der Waals surface area contributed by atoms with E-state index in [1.54, 1.807) is 0 Å². The molecule has 0 aromatic rings. The first kappa shape index (κ1) is 32.4. The summed E-state index contributed by atoms with van der Waals surface area (Å²) in [5.74, 6) is 0. The highest BCUT2D eigenvalue weighted by atomic mass is 15.2. The van der Waals surface area contributed by atoms with E-state index in [0.29, 0.717) is 0 Å². The average molecular weight is 463 g/mol. The van der Waals surface area contributed by atoms with Gasteiger partial charge in [0.15, 0.2) is 0 Å². The van der Waals surface area contributed by atoms with Crippen LogP contribution in [0.5, 0.6) is 0 Å². The summed E-state index contributed by atoms with van der Waals surface area (Å²) < 4.78 is 0. The van der Waals surface area contributed by atoms with Gasteiger partial charge < -0.3 is 9.80 Å². The maximum absolute atomic E-state index is 2.73. The molecule has 33 heavy (non-hydrogen) atoms. The van der Waals surface area contributed by atoms with Crippen LogP contribution < -0.4 is 0 Å². The molecule has 2 nitrogen and oxygen atoms in total. The minimum absolute atomic E-state index is 1.12. The molecule has 2 heteroatoms. The second-order valence-electron chi connectivity index (χ2n) is 10.4. The van der Waals surface area contributed by atoms with E-state index in [2.05, 4.69) is 62.0 Å². The molecule has 0 aromatic heterocycles. The molecule has 0 N–H and O–H groups in total. The lowest BCUT2D eigenvalue weighted by Gasteiger charge is -2.24. The zero-order valence-corrected chi connectivity index (χ0v) is 23.5. The molecule has 0 spiro atoms. The summed E-state index contributed by atoms with van der Waals surface area (Å²) >= 11 is 0. The SMILES string of the molecule is CCCCC/C=C\C/C=C\CCCCCCCCN(CCCCCCCCC)CCN(C)C. The molecule has 0 aliphatic rings. The number of likely N-dealkylation sites (N-methyl/N-ethyl adjacent to an activating group) is 1. The van der Waals surface area contributed by atoms with Crippen molar-refractivity contribution in [1.82, 2.24) is 9.80 Å². The van der Waals surface area contributed by atoms with Gasteiger partial charge >= 0.3 is 0 Å². The molecule has 0 rings (SSSR count). The fourth-order valence-electron chi connectivity index (χ4n) is 4.29. The van der Waals surface area contributed by atoms with Gasteiger partial charge in [0.2, 0.25) is 0 Å². The minimum atomic E-state index is 1.12. The monoisotopic (exact) mass is 462 g/mol. The van der Waals surface area contributed by atoms with E-state index in [-0.39, 0.29) is 0 Å². The first-order valence-corrected chi connectivity index (χ1v) is 14.9. The molecular formula is C31H62N2. The Balaban J connectivity index is 3.64. The molecule has 0 fully saturated rings. The molecule has 0 bridgehead atoms. The molecule has 0 aromatic carbocycles. The quantitative estimate of drug-likeness (QED) is 0.0932. The number of hydrogen-bond acceptors (Lipinski definition) is 2. The van der Waals surface area contributed by atoms with Crippen LogP contribution >= 0.6 is 0 Å². The molecule has 0 radical (unpaired) electrons. The standard InChI is InChI=1S/C31H62N2/c1-5-7-9-11-13-14-15-16-17-18-19-20-21-23-25-27-29-33(31-30-32(3)4)28-26-24-22-12-10-8-6-2/h13-14,16-17H,5-12,15,18-31H2,1-4H3/b14-13-,17-16-. The minimum Gasteiger partial charge on any atom is -0.308 e. The predicted molar refractivity (Wildman–Crippen MR) is 152 cm³/mol. The summed E-state index contributed by atoms with van der Waals surface area (Å²) in [6, 6.07) is 0. The Bertz CT molecular complexity index is 413. The summed E-state index contributed by atoms with van der Waals surface area (Å²) in [5.41, 5.74) is 0. The Hall–Kier alpha value is -0.600. The van der Waals surface area contributed by atoms with Gasteiger partial charge in [-0.2, -0.15) is 0 Å². The van der Waals surface area contributed by atoms with E-state index in [4.69, 9.17) is 0 Å².